The molecule has 0 aliphatic rings. The first kappa shape index (κ1) is 16.2. The minimum Gasteiger partial charge on any atom is -0.496 e. The lowest BCUT2D eigenvalue weighted by Gasteiger charge is -2.09. The number of benzene rings is 2. The number of carbonyl (C=O) groups excluding carboxylic acids is 1. The average molecular weight is 341 g/mol. The van der Waals surface area contributed by atoms with Crippen molar-refractivity contribution in [2.75, 3.05) is 12.9 Å². The van der Waals surface area contributed by atoms with Crippen LogP contribution >= 0.6 is 35.0 Å². The molecule has 0 heterocycles. The topological polar surface area (TPSA) is 26.3 Å². The Hall–Kier alpha value is -1.16. The molecule has 0 amide bonds. The monoisotopic (exact) mass is 340 g/mol. The molecule has 0 aromatic heterocycles. The third-order valence-corrected chi connectivity index (χ3v) is 4.64. The van der Waals surface area contributed by atoms with Gasteiger partial charge in [0.25, 0.3) is 0 Å². The van der Waals surface area contributed by atoms with Crippen LogP contribution in [0.2, 0.25) is 10.0 Å². The second-order valence-corrected chi connectivity index (χ2v) is 6.35. The molecule has 0 atom stereocenters. The summed E-state index contributed by atoms with van der Waals surface area (Å²) in [4.78, 5) is 13.1. The molecule has 21 heavy (non-hydrogen) atoms. The van der Waals surface area contributed by atoms with E-state index >= 15 is 0 Å². The van der Waals surface area contributed by atoms with E-state index in [1.807, 2.05) is 19.1 Å². The van der Waals surface area contributed by atoms with Crippen LogP contribution in [0.4, 0.5) is 0 Å². The number of halogens is 2. The van der Waals surface area contributed by atoms with Gasteiger partial charge in [-0.2, -0.15) is 0 Å². The first-order valence-electron chi connectivity index (χ1n) is 6.27. The third-order valence-electron chi connectivity index (χ3n) is 2.91. The van der Waals surface area contributed by atoms with Gasteiger partial charge >= 0.3 is 0 Å². The predicted octanol–water partition coefficient (Wildman–Crippen LogP) is 5.29. The summed E-state index contributed by atoms with van der Waals surface area (Å²) in [5, 5.41) is 1.19. The van der Waals surface area contributed by atoms with Crippen LogP contribution in [0.1, 0.15) is 15.9 Å². The second-order valence-electron chi connectivity index (χ2n) is 4.49. The van der Waals surface area contributed by atoms with Gasteiger partial charge in [-0.25, -0.2) is 0 Å². The summed E-state index contributed by atoms with van der Waals surface area (Å²) in [6.07, 6.45) is 0. The Morgan fingerprint density at radius 3 is 2.67 bits per heavy atom. The summed E-state index contributed by atoms with van der Waals surface area (Å²) in [5.74, 6) is 0.866. The van der Waals surface area contributed by atoms with Crippen LogP contribution in [0.25, 0.3) is 0 Å². The number of hydrogen-bond donors (Lipinski definition) is 0. The van der Waals surface area contributed by atoms with Crippen LogP contribution in [0.3, 0.4) is 0 Å². The fourth-order valence-electron chi connectivity index (χ4n) is 1.84. The van der Waals surface area contributed by atoms with Gasteiger partial charge in [-0.3, -0.25) is 4.79 Å². The normalized spacial score (nSPS) is 10.5. The number of thioether (sulfide) groups is 1. The van der Waals surface area contributed by atoms with Gasteiger partial charge in [0.15, 0.2) is 5.78 Å². The van der Waals surface area contributed by atoms with Crippen molar-refractivity contribution in [2.45, 2.75) is 11.8 Å². The van der Waals surface area contributed by atoms with E-state index in [9.17, 15) is 4.79 Å². The highest BCUT2D eigenvalue weighted by Gasteiger charge is 2.13. The highest BCUT2D eigenvalue weighted by atomic mass is 35.5. The first-order chi connectivity index (χ1) is 10.0. The summed E-state index contributed by atoms with van der Waals surface area (Å²) in [6.45, 7) is 1.96. The van der Waals surface area contributed by atoms with E-state index in [4.69, 9.17) is 27.9 Å². The molecule has 0 unspecified atom stereocenters. The Balaban J connectivity index is 2.13. The lowest BCUT2D eigenvalue weighted by molar-refractivity contribution is 0.101. The zero-order chi connectivity index (χ0) is 15.4. The highest BCUT2D eigenvalue weighted by molar-refractivity contribution is 8.00. The number of hydrogen-bond acceptors (Lipinski definition) is 3. The molecule has 0 bridgehead atoms. The number of methoxy groups -OCH3 is 1. The quantitative estimate of drug-likeness (QED) is 0.546. The molecule has 2 rings (SSSR count). The molecule has 2 aromatic carbocycles. The van der Waals surface area contributed by atoms with Crippen molar-refractivity contribution in [3.05, 3.63) is 57.6 Å². The highest BCUT2D eigenvalue weighted by Crippen LogP contribution is 2.31. The standard InChI is InChI=1S/C16H14Cl2O2S/c1-10-3-5-12(15(7-10)20-2)14(19)9-21-16-8-11(17)4-6-13(16)18/h3-8H,9H2,1-2H3. The smallest absolute Gasteiger partial charge is 0.176 e. The number of rotatable bonds is 5. The maximum Gasteiger partial charge on any atom is 0.176 e. The molecule has 0 fully saturated rings. The molecule has 0 spiro atoms. The van der Waals surface area contributed by atoms with Gasteiger partial charge in [0.1, 0.15) is 5.75 Å². The van der Waals surface area contributed by atoms with Gasteiger partial charge in [-0.1, -0.05) is 29.3 Å². The molecule has 5 heteroatoms. The van der Waals surface area contributed by atoms with Crippen molar-refractivity contribution in [3.63, 3.8) is 0 Å². The van der Waals surface area contributed by atoms with Crippen LogP contribution in [0.5, 0.6) is 5.75 Å². The zero-order valence-corrected chi connectivity index (χ0v) is 14.0. The molecule has 0 aliphatic heterocycles. The number of carbonyl (C=O) groups is 1. The van der Waals surface area contributed by atoms with Gasteiger partial charge in [-0.15, -0.1) is 11.8 Å². The molecule has 2 nitrogen and oxygen atoms in total. The molecule has 0 saturated heterocycles. The molecular formula is C16H14Cl2O2S. The second kappa shape index (κ2) is 7.21. The predicted molar refractivity (Wildman–Crippen MR) is 89.2 cm³/mol. The summed E-state index contributed by atoms with van der Waals surface area (Å²) in [6, 6.07) is 10.7. The molecule has 0 radical (unpaired) electrons. The summed E-state index contributed by atoms with van der Waals surface area (Å²) in [5.41, 5.74) is 1.63. The Bertz CT molecular complexity index is 671. The van der Waals surface area contributed by atoms with Crippen LogP contribution < -0.4 is 4.74 Å². The lowest BCUT2D eigenvalue weighted by Crippen LogP contribution is -2.05. The van der Waals surface area contributed by atoms with E-state index in [2.05, 4.69) is 0 Å². The molecule has 0 saturated carbocycles. The van der Waals surface area contributed by atoms with E-state index in [1.54, 1.807) is 31.4 Å². The summed E-state index contributed by atoms with van der Waals surface area (Å²) < 4.78 is 5.26. The van der Waals surface area contributed by atoms with Crippen molar-refractivity contribution in [2.24, 2.45) is 0 Å². The van der Waals surface area contributed by atoms with E-state index in [1.165, 1.54) is 11.8 Å². The fourth-order valence-corrected chi connectivity index (χ4v) is 3.21. The van der Waals surface area contributed by atoms with E-state index in [-0.39, 0.29) is 11.5 Å². The Kier molecular flexibility index (Phi) is 5.57. The van der Waals surface area contributed by atoms with E-state index < -0.39 is 0 Å². The number of ether oxygens (including phenoxy) is 1. The van der Waals surface area contributed by atoms with Crippen molar-refractivity contribution in [1.82, 2.24) is 0 Å². The Morgan fingerprint density at radius 2 is 1.95 bits per heavy atom. The minimum absolute atomic E-state index is 0.00658. The number of Topliss-reactive ketones (excluding diaryl/α,β-unsaturated/α-hetero) is 1. The van der Waals surface area contributed by atoms with Crippen molar-refractivity contribution in [3.8, 4) is 5.75 Å². The van der Waals surface area contributed by atoms with Crippen molar-refractivity contribution < 1.29 is 9.53 Å². The largest absolute Gasteiger partial charge is 0.496 e. The van der Waals surface area contributed by atoms with Gasteiger partial charge in [0.2, 0.25) is 0 Å². The first-order valence-corrected chi connectivity index (χ1v) is 8.01. The minimum atomic E-state index is -0.00658. The van der Waals surface area contributed by atoms with E-state index in [0.717, 1.165) is 10.5 Å². The lowest BCUT2D eigenvalue weighted by atomic mass is 10.1. The van der Waals surface area contributed by atoms with E-state index in [0.29, 0.717) is 21.4 Å². The van der Waals surface area contributed by atoms with Gasteiger partial charge < -0.3 is 4.74 Å². The number of aryl methyl sites for hydroxylation is 1. The molecule has 2 aromatic rings. The maximum absolute atomic E-state index is 12.3. The number of ketones is 1. The zero-order valence-electron chi connectivity index (χ0n) is 11.7. The maximum atomic E-state index is 12.3. The summed E-state index contributed by atoms with van der Waals surface area (Å²) >= 11 is 13.4. The van der Waals surface area contributed by atoms with Crippen molar-refractivity contribution >= 4 is 40.7 Å². The van der Waals surface area contributed by atoms with Crippen LogP contribution in [-0.4, -0.2) is 18.6 Å². The van der Waals surface area contributed by atoms with Gasteiger partial charge in [-0.05, 0) is 42.8 Å². The molecule has 0 aliphatic carbocycles. The Morgan fingerprint density at radius 1 is 1.19 bits per heavy atom. The van der Waals surface area contributed by atoms with Crippen LogP contribution in [-0.2, 0) is 0 Å². The van der Waals surface area contributed by atoms with Crippen molar-refractivity contribution in [1.29, 1.82) is 0 Å². The fraction of sp³-hybridized carbons (Fsp3) is 0.188. The average Bonchev–Trinajstić information content (AvgIpc) is 2.47. The van der Waals surface area contributed by atoms with Crippen LogP contribution in [0.15, 0.2) is 41.3 Å². The van der Waals surface area contributed by atoms with Gasteiger partial charge in [0, 0.05) is 9.92 Å². The summed E-state index contributed by atoms with van der Waals surface area (Å²) in [7, 11) is 1.56. The molecular weight excluding hydrogens is 327 g/mol. The molecule has 0 N–H and O–H groups in total. The third kappa shape index (κ3) is 4.16. The SMILES string of the molecule is COc1cc(C)ccc1C(=O)CSc1cc(Cl)ccc1Cl. The Labute approximate surface area is 138 Å². The molecule has 110 valence electrons. The van der Waals surface area contributed by atoms with Crippen LogP contribution in [0, 0.1) is 6.92 Å². The van der Waals surface area contributed by atoms with Gasteiger partial charge in [0.05, 0.1) is 23.4 Å².